The molecule has 0 aliphatic heterocycles. The van der Waals surface area contributed by atoms with Crippen LogP contribution in [0.3, 0.4) is 0 Å². The zero-order valence-corrected chi connectivity index (χ0v) is 22.7. The van der Waals surface area contributed by atoms with Crippen LogP contribution in [0.25, 0.3) is 0 Å². The van der Waals surface area contributed by atoms with Gasteiger partial charge in [-0.05, 0) is 45.7 Å². The van der Waals surface area contributed by atoms with Crippen molar-refractivity contribution in [1.29, 1.82) is 0 Å². The lowest BCUT2D eigenvalue weighted by Gasteiger charge is -2.33. The summed E-state index contributed by atoms with van der Waals surface area (Å²) in [6, 6.07) is 11.9. The number of nitro groups is 1. The number of sulfonamides is 1. The molecule has 2 aromatic carbocycles. The summed E-state index contributed by atoms with van der Waals surface area (Å²) in [5.74, 6) is -1.00. The van der Waals surface area contributed by atoms with Crippen LogP contribution in [0.5, 0.6) is 5.75 Å². The maximum atomic E-state index is 13.6. The molecule has 37 heavy (non-hydrogen) atoms. The molecule has 0 radical (unpaired) electrons. The predicted octanol–water partition coefficient (Wildman–Crippen LogP) is 2.74. The van der Waals surface area contributed by atoms with Gasteiger partial charge in [-0.3, -0.25) is 24.0 Å². The minimum absolute atomic E-state index is 0.0400. The second-order valence-electron chi connectivity index (χ2n) is 9.62. The predicted molar refractivity (Wildman–Crippen MR) is 141 cm³/mol. The maximum absolute atomic E-state index is 13.6. The third-order valence-electron chi connectivity index (χ3n) is 5.47. The molecule has 0 aromatic heterocycles. The first kappa shape index (κ1) is 29.6. The molecule has 1 atom stereocenters. The second-order valence-corrected chi connectivity index (χ2v) is 11.5. The molecule has 12 heteroatoms. The van der Waals surface area contributed by atoms with Gasteiger partial charge in [0, 0.05) is 24.2 Å². The fraction of sp³-hybridized carbons (Fsp3) is 0.440. The van der Waals surface area contributed by atoms with Gasteiger partial charge < -0.3 is 15.0 Å². The topological polar surface area (TPSA) is 139 Å². The van der Waals surface area contributed by atoms with E-state index in [2.05, 4.69) is 5.32 Å². The highest BCUT2D eigenvalue weighted by atomic mass is 32.2. The van der Waals surface area contributed by atoms with Crippen LogP contribution in [0.1, 0.15) is 33.3 Å². The van der Waals surface area contributed by atoms with Crippen molar-refractivity contribution in [3.05, 3.63) is 64.2 Å². The van der Waals surface area contributed by atoms with Crippen LogP contribution < -0.4 is 14.4 Å². The molecule has 2 aromatic rings. The summed E-state index contributed by atoms with van der Waals surface area (Å²) in [6.07, 6.45) is 1.32. The number of hydrogen-bond donors (Lipinski definition) is 1. The zero-order valence-electron chi connectivity index (χ0n) is 21.9. The molecule has 0 aliphatic rings. The van der Waals surface area contributed by atoms with Gasteiger partial charge in [0.1, 0.15) is 24.0 Å². The molecule has 2 amide bonds. The highest BCUT2D eigenvalue weighted by molar-refractivity contribution is 7.92. The van der Waals surface area contributed by atoms with E-state index in [-0.39, 0.29) is 23.7 Å². The molecule has 11 nitrogen and oxygen atoms in total. The van der Waals surface area contributed by atoms with Crippen LogP contribution in [0, 0.1) is 10.1 Å². The van der Waals surface area contributed by atoms with Crippen LogP contribution in [-0.4, -0.2) is 68.1 Å². The summed E-state index contributed by atoms with van der Waals surface area (Å²) in [7, 11) is -2.79. The Hall–Kier alpha value is -3.67. The van der Waals surface area contributed by atoms with Gasteiger partial charge in [-0.15, -0.1) is 0 Å². The first-order valence-electron chi connectivity index (χ1n) is 11.6. The average Bonchev–Trinajstić information content (AvgIpc) is 2.80. The number of carbonyl (C=O) groups excluding carboxylic acids is 2. The lowest BCUT2D eigenvalue weighted by molar-refractivity contribution is -0.384. The fourth-order valence-corrected chi connectivity index (χ4v) is 4.47. The SMILES string of the molecule is COc1ccc([N+](=O)[O-])cc1N(CC(=O)N(CCc1ccccc1)C(C)C(=O)NC(C)(C)C)S(C)(=O)=O. The van der Waals surface area contributed by atoms with E-state index in [0.717, 1.165) is 22.2 Å². The molecule has 0 saturated heterocycles. The van der Waals surface area contributed by atoms with Crippen molar-refractivity contribution < 1.29 is 27.7 Å². The molecular formula is C25H34N4O7S. The van der Waals surface area contributed by atoms with Crippen molar-refractivity contribution in [3.8, 4) is 5.75 Å². The summed E-state index contributed by atoms with van der Waals surface area (Å²) in [5, 5.41) is 14.2. The van der Waals surface area contributed by atoms with Crippen molar-refractivity contribution in [2.75, 3.05) is 30.8 Å². The highest BCUT2D eigenvalue weighted by Crippen LogP contribution is 2.33. The van der Waals surface area contributed by atoms with E-state index in [9.17, 15) is 28.1 Å². The lowest BCUT2D eigenvalue weighted by Crippen LogP contribution is -2.55. The molecule has 0 fully saturated rings. The minimum atomic E-state index is -4.08. The third-order valence-corrected chi connectivity index (χ3v) is 6.60. The van der Waals surface area contributed by atoms with Crippen LogP contribution in [0.15, 0.2) is 48.5 Å². The number of hydrogen-bond acceptors (Lipinski definition) is 7. The van der Waals surface area contributed by atoms with Crippen LogP contribution >= 0.6 is 0 Å². The van der Waals surface area contributed by atoms with E-state index in [1.54, 1.807) is 6.92 Å². The molecule has 0 aliphatic carbocycles. The number of nitro benzene ring substituents is 1. The first-order valence-corrected chi connectivity index (χ1v) is 13.4. The van der Waals surface area contributed by atoms with Gasteiger partial charge in [0.15, 0.2) is 0 Å². The van der Waals surface area contributed by atoms with Crippen LogP contribution in [0.4, 0.5) is 11.4 Å². The Morgan fingerprint density at radius 2 is 1.76 bits per heavy atom. The standard InChI is InChI=1S/C25H34N4O7S/c1-18(24(31)26-25(2,3)4)27(15-14-19-10-8-7-9-11-19)23(30)17-28(37(6,34)35)21-16-20(29(32)33)12-13-22(21)36-5/h7-13,16,18H,14-15,17H2,1-6H3,(H,26,31). The van der Waals surface area contributed by atoms with Gasteiger partial charge in [0.05, 0.1) is 18.3 Å². The normalized spacial score (nSPS) is 12.4. The van der Waals surface area contributed by atoms with Gasteiger partial charge in [-0.2, -0.15) is 0 Å². The Labute approximate surface area is 217 Å². The number of non-ortho nitro benzene ring substituents is 1. The summed E-state index contributed by atoms with van der Waals surface area (Å²) >= 11 is 0. The number of ether oxygens (including phenoxy) is 1. The number of rotatable bonds is 11. The van der Waals surface area contributed by atoms with Crippen LogP contribution in [-0.2, 0) is 26.0 Å². The number of carbonyl (C=O) groups is 2. The van der Waals surface area contributed by atoms with Gasteiger partial charge in [0.2, 0.25) is 21.8 Å². The molecular weight excluding hydrogens is 500 g/mol. The van der Waals surface area contributed by atoms with Gasteiger partial charge >= 0.3 is 0 Å². The second kappa shape index (κ2) is 12.0. The van der Waals surface area contributed by atoms with E-state index in [0.29, 0.717) is 6.42 Å². The summed E-state index contributed by atoms with van der Waals surface area (Å²) in [5.41, 5.74) is -0.128. The van der Waals surface area contributed by atoms with Crippen LogP contribution in [0.2, 0.25) is 0 Å². The molecule has 0 spiro atoms. The van der Waals surface area contributed by atoms with Gasteiger partial charge in [0.25, 0.3) is 5.69 Å². The maximum Gasteiger partial charge on any atom is 0.271 e. The van der Waals surface area contributed by atoms with Gasteiger partial charge in [-0.25, -0.2) is 8.42 Å². The minimum Gasteiger partial charge on any atom is -0.495 e. The monoisotopic (exact) mass is 534 g/mol. The van der Waals surface area contributed by atoms with E-state index < -0.39 is 44.9 Å². The van der Waals surface area contributed by atoms with Crippen molar-refractivity contribution in [3.63, 3.8) is 0 Å². The summed E-state index contributed by atoms with van der Waals surface area (Å²) in [6.45, 7) is 6.47. The van der Waals surface area contributed by atoms with Gasteiger partial charge in [-0.1, -0.05) is 30.3 Å². The highest BCUT2D eigenvalue weighted by Gasteiger charge is 2.32. The van der Waals surface area contributed by atoms with Crippen molar-refractivity contribution in [2.45, 2.75) is 45.7 Å². The number of nitrogens with zero attached hydrogens (tertiary/aromatic N) is 3. The number of anilines is 1. The molecule has 202 valence electrons. The molecule has 0 heterocycles. The number of nitrogens with one attached hydrogen (secondary N) is 1. The summed E-state index contributed by atoms with van der Waals surface area (Å²) < 4.78 is 31.5. The molecule has 0 bridgehead atoms. The smallest absolute Gasteiger partial charge is 0.271 e. The molecule has 0 saturated carbocycles. The molecule has 2 rings (SSSR count). The number of amides is 2. The third kappa shape index (κ3) is 8.45. The summed E-state index contributed by atoms with van der Waals surface area (Å²) in [4.78, 5) is 38.5. The number of methoxy groups -OCH3 is 1. The first-order chi connectivity index (χ1) is 17.1. The van der Waals surface area contributed by atoms with E-state index in [1.807, 2.05) is 51.1 Å². The largest absolute Gasteiger partial charge is 0.495 e. The Balaban J connectivity index is 2.46. The molecule has 1 N–H and O–H groups in total. The Bertz CT molecular complexity index is 1230. The van der Waals surface area contributed by atoms with E-state index in [1.165, 1.54) is 24.1 Å². The fourth-order valence-electron chi connectivity index (χ4n) is 3.63. The number of benzene rings is 2. The van der Waals surface area contributed by atoms with Crippen molar-refractivity contribution >= 4 is 33.2 Å². The average molecular weight is 535 g/mol. The van der Waals surface area contributed by atoms with Crippen molar-refractivity contribution in [1.82, 2.24) is 10.2 Å². The Morgan fingerprint density at radius 1 is 1.14 bits per heavy atom. The van der Waals surface area contributed by atoms with Crippen molar-refractivity contribution in [2.24, 2.45) is 0 Å². The molecule has 1 unspecified atom stereocenters. The zero-order chi connectivity index (χ0) is 28.0. The Kier molecular flexibility index (Phi) is 9.62. The Morgan fingerprint density at radius 3 is 2.27 bits per heavy atom. The lowest BCUT2D eigenvalue weighted by atomic mass is 10.1. The van der Waals surface area contributed by atoms with E-state index >= 15 is 0 Å². The van der Waals surface area contributed by atoms with E-state index in [4.69, 9.17) is 4.74 Å². The quantitative estimate of drug-likeness (QED) is 0.345.